The van der Waals surface area contributed by atoms with Crippen LogP contribution in [0.3, 0.4) is 0 Å². The number of thioether (sulfide) groups is 1. The van der Waals surface area contributed by atoms with E-state index in [-0.39, 0.29) is 30.7 Å². The molecule has 0 aliphatic carbocycles. The SMILES string of the molecule is CCN(CC)C1=NC(=O)[C@@H](CC(=O)Nc2cccc(C(=O)NC[C@H](O)c3ccccc3)c2)S1. The van der Waals surface area contributed by atoms with Crippen LogP contribution in [0, 0.1) is 0 Å². The monoisotopic (exact) mass is 468 g/mol. The Morgan fingerprint density at radius 1 is 1.12 bits per heavy atom. The smallest absolute Gasteiger partial charge is 0.262 e. The second kappa shape index (κ2) is 11.6. The molecule has 0 spiro atoms. The van der Waals surface area contributed by atoms with Gasteiger partial charge in [-0.1, -0.05) is 48.2 Å². The van der Waals surface area contributed by atoms with E-state index in [1.54, 1.807) is 36.4 Å². The summed E-state index contributed by atoms with van der Waals surface area (Å²) in [6.45, 7) is 5.53. The molecule has 0 bridgehead atoms. The molecule has 1 heterocycles. The number of hydrogen-bond acceptors (Lipinski definition) is 6. The van der Waals surface area contributed by atoms with Gasteiger partial charge in [-0.15, -0.1) is 0 Å². The summed E-state index contributed by atoms with van der Waals surface area (Å²) in [4.78, 5) is 43.3. The number of benzene rings is 2. The molecule has 33 heavy (non-hydrogen) atoms. The number of anilines is 1. The first kappa shape index (κ1) is 24.5. The summed E-state index contributed by atoms with van der Waals surface area (Å²) < 4.78 is 0. The minimum absolute atomic E-state index is 0.00252. The molecule has 3 amide bonds. The van der Waals surface area contributed by atoms with Crippen molar-refractivity contribution < 1.29 is 19.5 Å². The zero-order valence-electron chi connectivity index (χ0n) is 18.7. The third-order valence-electron chi connectivity index (χ3n) is 5.18. The molecule has 2 aromatic carbocycles. The Kier molecular flexibility index (Phi) is 8.62. The van der Waals surface area contributed by atoms with Gasteiger partial charge in [-0.05, 0) is 37.6 Å². The van der Waals surface area contributed by atoms with Crippen LogP contribution in [-0.4, -0.2) is 57.8 Å². The molecule has 8 nitrogen and oxygen atoms in total. The lowest BCUT2D eigenvalue weighted by Gasteiger charge is -2.19. The van der Waals surface area contributed by atoms with E-state index in [1.165, 1.54) is 11.8 Å². The number of nitrogens with zero attached hydrogens (tertiary/aromatic N) is 2. The lowest BCUT2D eigenvalue weighted by atomic mass is 10.1. The molecule has 0 saturated heterocycles. The molecular formula is C24H28N4O4S. The van der Waals surface area contributed by atoms with Crippen LogP contribution in [0.1, 0.15) is 42.3 Å². The van der Waals surface area contributed by atoms with E-state index in [9.17, 15) is 19.5 Å². The van der Waals surface area contributed by atoms with Crippen LogP contribution in [0.2, 0.25) is 0 Å². The Morgan fingerprint density at radius 3 is 2.55 bits per heavy atom. The fourth-order valence-electron chi connectivity index (χ4n) is 3.34. The number of nitrogens with one attached hydrogen (secondary N) is 2. The molecule has 3 rings (SSSR count). The van der Waals surface area contributed by atoms with Crippen molar-refractivity contribution in [2.45, 2.75) is 31.6 Å². The van der Waals surface area contributed by atoms with Gasteiger partial charge in [0.2, 0.25) is 5.91 Å². The van der Waals surface area contributed by atoms with Gasteiger partial charge in [0.1, 0.15) is 5.25 Å². The van der Waals surface area contributed by atoms with E-state index in [4.69, 9.17) is 0 Å². The highest BCUT2D eigenvalue weighted by atomic mass is 32.2. The van der Waals surface area contributed by atoms with Crippen molar-refractivity contribution in [3.8, 4) is 0 Å². The summed E-state index contributed by atoms with van der Waals surface area (Å²) >= 11 is 1.31. The first-order chi connectivity index (χ1) is 15.9. The van der Waals surface area contributed by atoms with E-state index in [1.807, 2.05) is 36.9 Å². The number of aliphatic hydroxyl groups is 1. The molecule has 9 heteroatoms. The van der Waals surface area contributed by atoms with Crippen LogP contribution in [0.5, 0.6) is 0 Å². The zero-order valence-corrected chi connectivity index (χ0v) is 19.5. The fourth-order valence-corrected chi connectivity index (χ4v) is 4.53. The molecule has 0 fully saturated rings. The van der Waals surface area contributed by atoms with Crippen molar-refractivity contribution in [1.29, 1.82) is 0 Å². The maximum absolute atomic E-state index is 12.5. The largest absolute Gasteiger partial charge is 0.387 e. The molecule has 0 saturated carbocycles. The third kappa shape index (κ3) is 6.66. The van der Waals surface area contributed by atoms with E-state index in [2.05, 4.69) is 15.6 Å². The molecule has 0 aromatic heterocycles. The van der Waals surface area contributed by atoms with Gasteiger partial charge in [0.15, 0.2) is 5.17 Å². The predicted octanol–water partition coefficient (Wildman–Crippen LogP) is 2.82. The summed E-state index contributed by atoms with van der Waals surface area (Å²) in [5, 5.41) is 15.8. The van der Waals surface area contributed by atoms with E-state index >= 15 is 0 Å². The van der Waals surface area contributed by atoms with Crippen LogP contribution < -0.4 is 10.6 Å². The molecule has 1 aliphatic heterocycles. The topological polar surface area (TPSA) is 111 Å². The summed E-state index contributed by atoms with van der Waals surface area (Å²) in [7, 11) is 0. The number of rotatable bonds is 9. The second-order valence-electron chi connectivity index (χ2n) is 7.48. The highest BCUT2D eigenvalue weighted by Gasteiger charge is 2.32. The van der Waals surface area contributed by atoms with Gasteiger partial charge in [0, 0.05) is 37.3 Å². The van der Waals surface area contributed by atoms with Crippen molar-refractivity contribution in [1.82, 2.24) is 10.2 Å². The van der Waals surface area contributed by atoms with Gasteiger partial charge in [0.05, 0.1) is 6.10 Å². The molecular weight excluding hydrogens is 440 g/mol. The number of hydrogen-bond donors (Lipinski definition) is 3. The molecule has 3 N–H and O–H groups in total. The summed E-state index contributed by atoms with van der Waals surface area (Å²) in [5.41, 5.74) is 1.52. The van der Waals surface area contributed by atoms with Crippen molar-refractivity contribution in [3.05, 3.63) is 65.7 Å². The highest BCUT2D eigenvalue weighted by Crippen LogP contribution is 2.27. The van der Waals surface area contributed by atoms with Crippen LogP contribution in [0.15, 0.2) is 59.6 Å². The normalized spacial score (nSPS) is 16.2. The van der Waals surface area contributed by atoms with Crippen LogP contribution in [0.4, 0.5) is 5.69 Å². The Morgan fingerprint density at radius 2 is 1.85 bits per heavy atom. The van der Waals surface area contributed by atoms with Crippen molar-refractivity contribution in [3.63, 3.8) is 0 Å². The summed E-state index contributed by atoms with van der Waals surface area (Å²) in [6, 6.07) is 15.6. The van der Waals surface area contributed by atoms with Crippen LogP contribution in [-0.2, 0) is 9.59 Å². The van der Waals surface area contributed by atoms with Crippen molar-refractivity contribution >= 4 is 40.3 Å². The van der Waals surface area contributed by atoms with Gasteiger partial charge < -0.3 is 20.6 Å². The van der Waals surface area contributed by atoms with Gasteiger partial charge in [-0.2, -0.15) is 4.99 Å². The second-order valence-corrected chi connectivity index (χ2v) is 8.65. The minimum Gasteiger partial charge on any atom is -0.387 e. The Hall–Kier alpha value is -3.17. The van der Waals surface area contributed by atoms with Crippen molar-refractivity contribution in [2.75, 3.05) is 25.0 Å². The maximum atomic E-state index is 12.5. The standard InChI is InChI=1S/C24H28N4O4S/c1-3-28(4-2)24-27-23(32)20(33-24)14-21(30)26-18-12-8-11-17(13-18)22(31)25-15-19(29)16-9-6-5-7-10-16/h5-13,19-20,29H,3-4,14-15H2,1-2H3,(H,25,31)(H,26,30)/t19-,20+/m0/s1. The average molecular weight is 469 g/mol. The van der Waals surface area contributed by atoms with Gasteiger partial charge >= 0.3 is 0 Å². The Bertz CT molecular complexity index is 1020. The highest BCUT2D eigenvalue weighted by molar-refractivity contribution is 8.15. The van der Waals surface area contributed by atoms with Gasteiger partial charge in [0.25, 0.3) is 11.8 Å². The zero-order chi connectivity index (χ0) is 23.8. The van der Waals surface area contributed by atoms with E-state index in [0.29, 0.717) is 22.0 Å². The lowest BCUT2D eigenvalue weighted by molar-refractivity contribution is -0.121. The van der Waals surface area contributed by atoms with Crippen LogP contribution in [0.25, 0.3) is 0 Å². The number of aliphatic hydroxyl groups excluding tert-OH is 1. The number of aliphatic imine (C=N–C) groups is 1. The minimum atomic E-state index is -0.817. The van der Waals surface area contributed by atoms with Gasteiger partial charge in [-0.25, -0.2) is 0 Å². The average Bonchev–Trinajstić information content (AvgIpc) is 3.18. The quantitative estimate of drug-likeness (QED) is 0.522. The first-order valence-electron chi connectivity index (χ1n) is 10.9. The third-order valence-corrected chi connectivity index (χ3v) is 6.40. The first-order valence-corrected chi connectivity index (χ1v) is 11.7. The Balaban J connectivity index is 1.53. The Labute approximate surface area is 197 Å². The van der Waals surface area contributed by atoms with Gasteiger partial charge in [-0.3, -0.25) is 14.4 Å². The van der Waals surface area contributed by atoms with Crippen molar-refractivity contribution in [2.24, 2.45) is 4.99 Å². The summed E-state index contributed by atoms with van der Waals surface area (Å²) in [5.74, 6) is -0.990. The fraction of sp³-hybridized carbons (Fsp3) is 0.333. The van der Waals surface area contributed by atoms with E-state index in [0.717, 1.165) is 13.1 Å². The molecule has 0 unspecified atom stereocenters. The molecule has 174 valence electrons. The van der Waals surface area contributed by atoms with E-state index < -0.39 is 11.4 Å². The number of carbonyl (C=O) groups is 3. The number of carbonyl (C=O) groups excluding carboxylic acids is 3. The molecule has 2 atom stereocenters. The summed E-state index contributed by atoms with van der Waals surface area (Å²) in [6.07, 6.45) is -0.819. The predicted molar refractivity (Wildman–Crippen MR) is 130 cm³/mol. The number of amidine groups is 1. The van der Waals surface area contributed by atoms with Crippen LogP contribution >= 0.6 is 11.8 Å². The molecule has 1 aliphatic rings. The maximum Gasteiger partial charge on any atom is 0.262 e. The molecule has 2 aromatic rings. The lowest BCUT2D eigenvalue weighted by Crippen LogP contribution is -2.28. The molecule has 0 radical (unpaired) electrons. The number of amides is 3.